The third kappa shape index (κ3) is 4.10. The van der Waals surface area contributed by atoms with Gasteiger partial charge in [0.1, 0.15) is 11.9 Å². The first-order valence-electron chi connectivity index (χ1n) is 8.23. The summed E-state index contributed by atoms with van der Waals surface area (Å²) in [6, 6.07) is 5.37. The first kappa shape index (κ1) is 16.9. The maximum Gasteiger partial charge on any atom is 0.313 e. The normalized spacial score (nSPS) is 22.3. The zero-order valence-corrected chi connectivity index (χ0v) is 13.3. The van der Waals surface area contributed by atoms with E-state index in [0.29, 0.717) is 6.61 Å². The highest BCUT2D eigenvalue weighted by Crippen LogP contribution is 2.37. The fraction of sp³-hybridized carbons (Fsp3) is 0.529. The van der Waals surface area contributed by atoms with Crippen LogP contribution in [0.25, 0.3) is 0 Å². The number of anilines is 1. The lowest BCUT2D eigenvalue weighted by Gasteiger charge is -2.31. The average Bonchev–Trinajstić information content (AvgIpc) is 2.96. The van der Waals surface area contributed by atoms with Crippen LogP contribution in [0.1, 0.15) is 32.1 Å². The van der Waals surface area contributed by atoms with Crippen LogP contribution in [-0.2, 0) is 19.1 Å². The second-order valence-electron chi connectivity index (χ2n) is 6.20. The predicted octanol–water partition coefficient (Wildman–Crippen LogP) is 1.96. The fourth-order valence-corrected chi connectivity index (χ4v) is 3.11. The third-order valence-electron chi connectivity index (χ3n) is 4.31. The topological polar surface area (TPSA) is 76.7 Å². The van der Waals surface area contributed by atoms with Crippen molar-refractivity contribution in [1.82, 2.24) is 5.32 Å². The highest BCUT2D eigenvalue weighted by Gasteiger charge is 2.42. The van der Waals surface area contributed by atoms with E-state index in [1.807, 2.05) is 0 Å². The third-order valence-corrected chi connectivity index (χ3v) is 4.31. The number of amides is 2. The molecule has 0 radical (unpaired) electrons. The van der Waals surface area contributed by atoms with E-state index < -0.39 is 23.4 Å². The molecule has 1 spiro atoms. The van der Waals surface area contributed by atoms with Crippen molar-refractivity contribution < 1.29 is 23.5 Å². The number of halogens is 1. The van der Waals surface area contributed by atoms with Crippen LogP contribution in [0.3, 0.4) is 0 Å². The predicted molar refractivity (Wildman–Crippen MR) is 84.7 cm³/mol. The minimum absolute atomic E-state index is 0.206. The van der Waals surface area contributed by atoms with Crippen LogP contribution in [-0.4, -0.2) is 36.9 Å². The lowest BCUT2D eigenvalue weighted by molar-refractivity contribution is -0.186. The van der Waals surface area contributed by atoms with Gasteiger partial charge in [-0.05, 0) is 31.0 Å². The van der Waals surface area contributed by atoms with Crippen molar-refractivity contribution in [2.75, 3.05) is 18.5 Å². The van der Waals surface area contributed by atoms with Crippen molar-refractivity contribution in [1.29, 1.82) is 0 Å². The minimum atomic E-state index is -0.841. The second-order valence-corrected chi connectivity index (χ2v) is 6.20. The van der Waals surface area contributed by atoms with Gasteiger partial charge in [0.2, 0.25) is 0 Å². The summed E-state index contributed by atoms with van der Waals surface area (Å²) in [7, 11) is 0. The van der Waals surface area contributed by atoms with E-state index in [1.54, 1.807) is 0 Å². The smallest absolute Gasteiger partial charge is 0.313 e. The van der Waals surface area contributed by atoms with Gasteiger partial charge in [-0.15, -0.1) is 0 Å². The Kier molecular flexibility index (Phi) is 5.11. The van der Waals surface area contributed by atoms with Gasteiger partial charge >= 0.3 is 11.8 Å². The van der Waals surface area contributed by atoms with Gasteiger partial charge in [-0.1, -0.05) is 12.5 Å². The van der Waals surface area contributed by atoms with Gasteiger partial charge in [0.05, 0.1) is 6.61 Å². The van der Waals surface area contributed by atoms with Crippen molar-refractivity contribution in [3.8, 4) is 0 Å². The molecule has 7 heteroatoms. The van der Waals surface area contributed by atoms with E-state index in [2.05, 4.69) is 10.6 Å². The summed E-state index contributed by atoms with van der Waals surface area (Å²) < 4.78 is 24.8. The zero-order chi connectivity index (χ0) is 17.0. The molecule has 3 rings (SSSR count). The number of ether oxygens (including phenoxy) is 2. The number of carbonyl (C=O) groups excluding carboxylic acids is 2. The Hall–Kier alpha value is -1.99. The number of carbonyl (C=O) groups is 2. The Morgan fingerprint density at radius 3 is 2.75 bits per heavy atom. The summed E-state index contributed by atoms with van der Waals surface area (Å²) in [6.45, 7) is 0.614. The summed E-state index contributed by atoms with van der Waals surface area (Å²) in [5, 5.41) is 4.88. The molecule has 130 valence electrons. The molecule has 1 aliphatic heterocycles. The SMILES string of the molecule is O=C(NCC1COC2(CCCCC2)O1)C(=O)Nc1cccc(F)c1. The quantitative estimate of drug-likeness (QED) is 0.827. The minimum Gasteiger partial charge on any atom is -0.347 e. The first-order valence-corrected chi connectivity index (χ1v) is 8.23. The second kappa shape index (κ2) is 7.27. The molecular formula is C17H21FN2O4. The molecule has 1 aliphatic carbocycles. The largest absolute Gasteiger partial charge is 0.347 e. The summed E-state index contributed by atoms with van der Waals surface area (Å²) in [6.07, 6.45) is 4.84. The summed E-state index contributed by atoms with van der Waals surface area (Å²) in [5.41, 5.74) is 0.233. The molecule has 24 heavy (non-hydrogen) atoms. The Morgan fingerprint density at radius 2 is 2.00 bits per heavy atom. The molecule has 2 aliphatic rings. The van der Waals surface area contributed by atoms with Gasteiger partial charge in [-0.3, -0.25) is 9.59 Å². The Labute approximate surface area is 139 Å². The number of hydrogen-bond acceptors (Lipinski definition) is 4. The molecule has 2 fully saturated rings. The van der Waals surface area contributed by atoms with E-state index in [1.165, 1.54) is 24.6 Å². The lowest BCUT2D eigenvalue weighted by atomic mass is 9.94. The molecule has 1 heterocycles. The molecule has 1 atom stereocenters. The van der Waals surface area contributed by atoms with Gasteiger partial charge in [0.15, 0.2) is 5.79 Å². The molecule has 2 amide bonds. The Morgan fingerprint density at radius 1 is 1.21 bits per heavy atom. The monoisotopic (exact) mass is 336 g/mol. The molecule has 1 saturated heterocycles. The Balaban J connectivity index is 1.44. The lowest BCUT2D eigenvalue weighted by Crippen LogP contribution is -2.41. The van der Waals surface area contributed by atoms with Crippen LogP contribution in [0.15, 0.2) is 24.3 Å². The van der Waals surface area contributed by atoms with Crippen LogP contribution < -0.4 is 10.6 Å². The first-order chi connectivity index (χ1) is 11.6. The highest BCUT2D eigenvalue weighted by molar-refractivity contribution is 6.39. The van der Waals surface area contributed by atoms with Crippen molar-refractivity contribution in [3.63, 3.8) is 0 Å². The van der Waals surface area contributed by atoms with Crippen molar-refractivity contribution in [3.05, 3.63) is 30.1 Å². The van der Waals surface area contributed by atoms with E-state index in [-0.39, 0.29) is 18.3 Å². The molecule has 1 aromatic rings. The number of hydrogen-bond donors (Lipinski definition) is 2. The van der Waals surface area contributed by atoms with Gasteiger partial charge < -0.3 is 20.1 Å². The number of nitrogens with one attached hydrogen (secondary N) is 2. The summed E-state index contributed by atoms with van der Waals surface area (Å²) >= 11 is 0. The van der Waals surface area contributed by atoms with Crippen LogP contribution >= 0.6 is 0 Å². The Bertz CT molecular complexity index is 616. The molecular weight excluding hydrogens is 315 g/mol. The van der Waals surface area contributed by atoms with Gasteiger partial charge in [-0.2, -0.15) is 0 Å². The van der Waals surface area contributed by atoms with Crippen LogP contribution in [0.2, 0.25) is 0 Å². The standard InChI is InChI=1S/C17H21FN2O4/c18-12-5-4-6-13(9-12)20-16(22)15(21)19-10-14-11-23-17(24-14)7-2-1-3-8-17/h4-6,9,14H,1-3,7-8,10-11H2,(H,19,21)(H,20,22). The van der Waals surface area contributed by atoms with E-state index >= 15 is 0 Å². The van der Waals surface area contributed by atoms with Crippen molar-refractivity contribution in [2.45, 2.75) is 44.0 Å². The van der Waals surface area contributed by atoms with Gasteiger partial charge in [0.25, 0.3) is 0 Å². The maximum atomic E-state index is 13.1. The van der Waals surface area contributed by atoms with Crippen molar-refractivity contribution in [2.24, 2.45) is 0 Å². The van der Waals surface area contributed by atoms with Crippen LogP contribution in [0.5, 0.6) is 0 Å². The molecule has 6 nitrogen and oxygen atoms in total. The summed E-state index contributed by atoms with van der Waals surface area (Å²) in [5.74, 6) is -2.61. The highest BCUT2D eigenvalue weighted by atomic mass is 19.1. The molecule has 0 bridgehead atoms. The van der Waals surface area contributed by atoms with E-state index in [4.69, 9.17) is 9.47 Å². The van der Waals surface area contributed by atoms with Gasteiger partial charge in [0, 0.05) is 25.1 Å². The number of rotatable bonds is 3. The van der Waals surface area contributed by atoms with E-state index in [9.17, 15) is 14.0 Å². The average molecular weight is 336 g/mol. The molecule has 1 aromatic carbocycles. The van der Waals surface area contributed by atoms with Crippen molar-refractivity contribution >= 4 is 17.5 Å². The molecule has 0 aromatic heterocycles. The zero-order valence-electron chi connectivity index (χ0n) is 13.3. The molecule has 1 saturated carbocycles. The van der Waals surface area contributed by atoms with Crippen LogP contribution in [0, 0.1) is 5.82 Å². The maximum absolute atomic E-state index is 13.1. The number of benzene rings is 1. The van der Waals surface area contributed by atoms with Gasteiger partial charge in [-0.25, -0.2) is 4.39 Å². The molecule has 1 unspecified atom stereocenters. The fourth-order valence-electron chi connectivity index (χ4n) is 3.11. The molecule has 2 N–H and O–H groups in total. The summed E-state index contributed by atoms with van der Waals surface area (Å²) in [4.78, 5) is 23.6. The van der Waals surface area contributed by atoms with Crippen LogP contribution in [0.4, 0.5) is 10.1 Å². The van der Waals surface area contributed by atoms with E-state index in [0.717, 1.165) is 31.7 Å².